The van der Waals surface area contributed by atoms with Gasteiger partial charge in [-0.1, -0.05) is 24.3 Å². The molecule has 0 aliphatic carbocycles. The molecule has 0 aromatic heterocycles. The fraction of sp³-hybridized carbons (Fsp3) is 0.333. The second kappa shape index (κ2) is 7.31. The SMILES string of the molecule is COc1ccccc1N1CCN(Cc2ccc([N+](=O)[O-])cc2)CC1. The maximum absolute atomic E-state index is 10.7. The van der Waals surface area contributed by atoms with Crippen LogP contribution in [0.4, 0.5) is 11.4 Å². The Morgan fingerprint density at radius 2 is 1.71 bits per heavy atom. The molecule has 1 aliphatic heterocycles. The summed E-state index contributed by atoms with van der Waals surface area (Å²) in [6, 6.07) is 14.9. The van der Waals surface area contributed by atoms with Gasteiger partial charge in [0.1, 0.15) is 5.75 Å². The first kappa shape index (κ1) is 16.3. The highest BCUT2D eigenvalue weighted by Crippen LogP contribution is 2.28. The molecule has 0 unspecified atom stereocenters. The zero-order chi connectivity index (χ0) is 16.9. The lowest BCUT2D eigenvalue weighted by atomic mass is 10.1. The molecule has 1 fully saturated rings. The Kier molecular flexibility index (Phi) is 4.96. The molecule has 2 aromatic carbocycles. The van der Waals surface area contributed by atoms with E-state index in [0.29, 0.717) is 0 Å². The number of non-ortho nitro benzene ring substituents is 1. The summed E-state index contributed by atoms with van der Waals surface area (Å²) in [4.78, 5) is 15.0. The Morgan fingerprint density at radius 3 is 2.33 bits per heavy atom. The Morgan fingerprint density at radius 1 is 1.04 bits per heavy atom. The van der Waals surface area contributed by atoms with Crippen molar-refractivity contribution in [3.63, 3.8) is 0 Å². The molecule has 0 saturated carbocycles. The van der Waals surface area contributed by atoms with Crippen molar-refractivity contribution in [1.29, 1.82) is 0 Å². The number of anilines is 1. The molecule has 6 heteroatoms. The van der Waals surface area contributed by atoms with Crippen LogP contribution in [0.5, 0.6) is 5.75 Å². The van der Waals surface area contributed by atoms with Crippen molar-refractivity contribution in [2.75, 3.05) is 38.2 Å². The van der Waals surface area contributed by atoms with Gasteiger partial charge in [0.25, 0.3) is 5.69 Å². The maximum Gasteiger partial charge on any atom is 0.269 e. The normalized spacial score (nSPS) is 15.3. The number of ether oxygens (including phenoxy) is 1. The second-order valence-electron chi connectivity index (χ2n) is 5.86. The average Bonchev–Trinajstić information content (AvgIpc) is 2.63. The van der Waals surface area contributed by atoms with Gasteiger partial charge in [0.2, 0.25) is 0 Å². The standard InChI is InChI=1S/C18H21N3O3/c1-24-18-5-3-2-4-17(18)20-12-10-19(11-13-20)14-15-6-8-16(9-7-15)21(22)23/h2-9H,10-14H2,1H3. The van der Waals surface area contributed by atoms with Crippen LogP contribution in [0.25, 0.3) is 0 Å². The van der Waals surface area contributed by atoms with Gasteiger partial charge in [0, 0.05) is 44.9 Å². The van der Waals surface area contributed by atoms with Crippen LogP contribution in [-0.4, -0.2) is 43.1 Å². The van der Waals surface area contributed by atoms with Gasteiger partial charge in [-0.25, -0.2) is 0 Å². The van der Waals surface area contributed by atoms with Crippen LogP contribution < -0.4 is 9.64 Å². The maximum atomic E-state index is 10.7. The van der Waals surface area contributed by atoms with E-state index in [0.717, 1.165) is 49.7 Å². The van der Waals surface area contributed by atoms with E-state index < -0.39 is 0 Å². The second-order valence-corrected chi connectivity index (χ2v) is 5.86. The van der Waals surface area contributed by atoms with E-state index in [1.165, 1.54) is 0 Å². The first-order valence-electron chi connectivity index (χ1n) is 8.01. The molecule has 1 heterocycles. The predicted molar refractivity (Wildman–Crippen MR) is 93.6 cm³/mol. The molecule has 2 aromatic rings. The minimum absolute atomic E-state index is 0.139. The third-order valence-electron chi connectivity index (χ3n) is 4.35. The molecule has 6 nitrogen and oxygen atoms in total. The van der Waals surface area contributed by atoms with E-state index in [-0.39, 0.29) is 10.6 Å². The van der Waals surface area contributed by atoms with Gasteiger partial charge in [0.15, 0.2) is 0 Å². The summed E-state index contributed by atoms with van der Waals surface area (Å²) in [5.74, 6) is 0.904. The topological polar surface area (TPSA) is 58.8 Å². The number of para-hydroxylation sites is 2. The molecule has 0 N–H and O–H groups in total. The van der Waals surface area contributed by atoms with Gasteiger partial charge < -0.3 is 9.64 Å². The third-order valence-corrected chi connectivity index (χ3v) is 4.35. The Bertz CT molecular complexity index is 695. The van der Waals surface area contributed by atoms with Crippen molar-refractivity contribution in [2.24, 2.45) is 0 Å². The highest BCUT2D eigenvalue weighted by Gasteiger charge is 2.19. The van der Waals surface area contributed by atoms with Gasteiger partial charge in [-0.3, -0.25) is 15.0 Å². The van der Waals surface area contributed by atoms with Gasteiger partial charge >= 0.3 is 0 Å². The minimum atomic E-state index is -0.365. The predicted octanol–water partition coefficient (Wildman–Crippen LogP) is 2.93. The number of nitro benzene ring substituents is 1. The van der Waals surface area contributed by atoms with Gasteiger partial charge in [-0.15, -0.1) is 0 Å². The number of nitrogens with zero attached hydrogens (tertiary/aromatic N) is 3. The Balaban J connectivity index is 1.58. The monoisotopic (exact) mass is 327 g/mol. The van der Waals surface area contributed by atoms with E-state index in [1.54, 1.807) is 19.2 Å². The smallest absolute Gasteiger partial charge is 0.269 e. The Labute approximate surface area is 141 Å². The van der Waals surface area contributed by atoms with Crippen molar-refractivity contribution in [3.05, 3.63) is 64.2 Å². The molecule has 0 atom stereocenters. The van der Waals surface area contributed by atoms with Crippen LogP contribution in [0.3, 0.4) is 0 Å². The van der Waals surface area contributed by atoms with Crippen molar-refractivity contribution in [1.82, 2.24) is 4.90 Å². The van der Waals surface area contributed by atoms with Crippen LogP contribution in [0.15, 0.2) is 48.5 Å². The molecule has 126 valence electrons. The highest BCUT2D eigenvalue weighted by atomic mass is 16.6. The van der Waals surface area contributed by atoms with Crippen molar-refractivity contribution < 1.29 is 9.66 Å². The molecular weight excluding hydrogens is 306 g/mol. The van der Waals surface area contributed by atoms with E-state index in [2.05, 4.69) is 15.9 Å². The van der Waals surface area contributed by atoms with Crippen LogP contribution in [0.2, 0.25) is 0 Å². The zero-order valence-electron chi connectivity index (χ0n) is 13.7. The van der Waals surface area contributed by atoms with Crippen LogP contribution in [0.1, 0.15) is 5.56 Å². The largest absolute Gasteiger partial charge is 0.495 e. The Hall–Kier alpha value is -2.60. The fourth-order valence-electron chi connectivity index (χ4n) is 3.02. The average molecular weight is 327 g/mol. The first-order valence-corrected chi connectivity index (χ1v) is 8.01. The summed E-state index contributed by atoms with van der Waals surface area (Å²) < 4.78 is 5.44. The summed E-state index contributed by atoms with van der Waals surface area (Å²) in [5.41, 5.74) is 2.38. The van der Waals surface area contributed by atoms with E-state index in [4.69, 9.17) is 4.74 Å². The van der Waals surface area contributed by atoms with Crippen molar-refractivity contribution in [3.8, 4) is 5.75 Å². The number of nitro groups is 1. The van der Waals surface area contributed by atoms with Gasteiger partial charge in [-0.2, -0.15) is 0 Å². The van der Waals surface area contributed by atoms with E-state index in [9.17, 15) is 10.1 Å². The zero-order valence-corrected chi connectivity index (χ0v) is 13.7. The molecule has 1 saturated heterocycles. The summed E-state index contributed by atoms with van der Waals surface area (Å²) in [6.07, 6.45) is 0. The molecular formula is C18H21N3O3. The fourth-order valence-corrected chi connectivity index (χ4v) is 3.02. The van der Waals surface area contributed by atoms with Crippen molar-refractivity contribution >= 4 is 11.4 Å². The van der Waals surface area contributed by atoms with Crippen LogP contribution in [-0.2, 0) is 6.54 Å². The third kappa shape index (κ3) is 3.65. The molecule has 1 aliphatic rings. The number of piperazine rings is 1. The number of rotatable bonds is 5. The van der Waals surface area contributed by atoms with Gasteiger partial charge in [0.05, 0.1) is 17.7 Å². The first-order chi connectivity index (χ1) is 11.7. The number of hydrogen-bond acceptors (Lipinski definition) is 5. The molecule has 0 spiro atoms. The van der Waals surface area contributed by atoms with E-state index in [1.807, 2.05) is 30.3 Å². The van der Waals surface area contributed by atoms with Gasteiger partial charge in [-0.05, 0) is 17.7 Å². The lowest BCUT2D eigenvalue weighted by Gasteiger charge is -2.36. The molecule has 0 radical (unpaired) electrons. The minimum Gasteiger partial charge on any atom is -0.495 e. The lowest BCUT2D eigenvalue weighted by Crippen LogP contribution is -2.46. The summed E-state index contributed by atoms with van der Waals surface area (Å²) in [7, 11) is 1.70. The van der Waals surface area contributed by atoms with Crippen molar-refractivity contribution in [2.45, 2.75) is 6.54 Å². The summed E-state index contributed by atoms with van der Waals surface area (Å²) >= 11 is 0. The number of hydrogen-bond donors (Lipinski definition) is 0. The quantitative estimate of drug-likeness (QED) is 0.624. The number of benzene rings is 2. The van der Waals surface area contributed by atoms with E-state index >= 15 is 0 Å². The molecule has 0 bridgehead atoms. The lowest BCUT2D eigenvalue weighted by molar-refractivity contribution is -0.384. The molecule has 3 rings (SSSR count). The van der Waals surface area contributed by atoms with Crippen LogP contribution in [0, 0.1) is 10.1 Å². The highest BCUT2D eigenvalue weighted by molar-refractivity contribution is 5.58. The number of methoxy groups -OCH3 is 1. The molecule has 24 heavy (non-hydrogen) atoms. The molecule has 0 amide bonds. The summed E-state index contributed by atoms with van der Waals surface area (Å²) in [6.45, 7) is 4.60. The summed E-state index contributed by atoms with van der Waals surface area (Å²) in [5, 5.41) is 10.7. The van der Waals surface area contributed by atoms with Crippen LogP contribution >= 0.6 is 0 Å².